The van der Waals surface area contributed by atoms with E-state index < -0.39 is 11.9 Å². The standard InChI is InChI=1S/C27H22N4O6/c1-16-22(24(32)30(28-16)20-12-8-18(9-13-20)26(34)35)6-4-3-5-7-23-17(2)29-31(25(23)33)21-14-10-19(11-15-21)27(36)37/h3-15,28H,1-2H3,(H,34,35)(H,36,37)/b5-3+,6-4-,23-7+. The molecule has 0 fully saturated rings. The highest BCUT2D eigenvalue weighted by Crippen LogP contribution is 2.24. The van der Waals surface area contributed by atoms with Gasteiger partial charge in [-0.2, -0.15) is 10.1 Å². The predicted molar refractivity (Wildman–Crippen MR) is 138 cm³/mol. The van der Waals surface area contributed by atoms with Crippen LogP contribution in [-0.2, 0) is 4.79 Å². The van der Waals surface area contributed by atoms with Gasteiger partial charge < -0.3 is 10.2 Å². The number of rotatable bonds is 7. The Balaban J connectivity index is 1.47. The van der Waals surface area contributed by atoms with Crippen molar-refractivity contribution in [3.8, 4) is 5.69 Å². The van der Waals surface area contributed by atoms with Crippen LogP contribution in [0.1, 0.15) is 38.9 Å². The molecule has 0 bridgehead atoms. The van der Waals surface area contributed by atoms with Gasteiger partial charge in [0.15, 0.2) is 0 Å². The highest BCUT2D eigenvalue weighted by atomic mass is 16.4. The molecule has 1 aliphatic rings. The molecule has 1 aromatic heterocycles. The number of carbonyl (C=O) groups is 3. The van der Waals surface area contributed by atoms with Crippen LogP contribution in [0.2, 0.25) is 0 Å². The summed E-state index contributed by atoms with van der Waals surface area (Å²) in [6.45, 7) is 3.46. The number of hydrogen-bond acceptors (Lipinski definition) is 5. The fourth-order valence-electron chi connectivity index (χ4n) is 3.69. The van der Waals surface area contributed by atoms with Gasteiger partial charge in [0.25, 0.3) is 11.5 Å². The van der Waals surface area contributed by atoms with Crippen LogP contribution in [0.5, 0.6) is 0 Å². The highest BCUT2D eigenvalue weighted by Gasteiger charge is 2.28. The summed E-state index contributed by atoms with van der Waals surface area (Å²) < 4.78 is 1.33. The van der Waals surface area contributed by atoms with Crippen molar-refractivity contribution in [1.82, 2.24) is 9.78 Å². The Hall–Kier alpha value is -5.25. The number of carboxylic acids is 2. The van der Waals surface area contributed by atoms with Gasteiger partial charge in [-0.1, -0.05) is 18.2 Å². The first kappa shape index (κ1) is 24.9. The second-order valence-corrected chi connectivity index (χ2v) is 8.12. The summed E-state index contributed by atoms with van der Waals surface area (Å²) >= 11 is 0. The minimum atomic E-state index is -1.05. The van der Waals surface area contributed by atoms with Crippen LogP contribution in [0.15, 0.2) is 88.3 Å². The minimum absolute atomic E-state index is 0.113. The number of aromatic amines is 1. The quantitative estimate of drug-likeness (QED) is 0.334. The summed E-state index contributed by atoms with van der Waals surface area (Å²) in [5.74, 6) is -2.44. The number of benzene rings is 2. The summed E-state index contributed by atoms with van der Waals surface area (Å²) in [6.07, 6.45) is 8.25. The summed E-state index contributed by atoms with van der Waals surface area (Å²) in [4.78, 5) is 47.7. The molecular formula is C27H22N4O6. The first-order chi connectivity index (χ1) is 17.7. The molecule has 3 N–H and O–H groups in total. The lowest BCUT2D eigenvalue weighted by Gasteiger charge is -2.11. The maximum Gasteiger partial charge on any atom is 0.335 e. The van der Waals surface area contributed by atoms with E-state index in [1.54, 1.807) is 56.4 Å². The largest absolute Gasteiger partial charge is 0.478 e. The summed E-state index contributed by atoms with van der Waals surface area (Å²) in [6, 6.07) is 11.8. The van der Waals surface area contributed by atoms with E-state index in [0.717, 1.165) is 0 Å². The van der Waals surface area contributed by atoms with Gasteiger partial charge in [-0.25, -0.2) is 14.3 Å². The third-order valence-electron chi connectivity index (χ3n) is 5.66. The molecule has 1 aliphatic heterocycles. The van der Waals surface area contributed by atoms with Crippen molar-refractivity contribution in [2.24, 2.45) is 5.10 Å². The van der Waals surface area contributed by atoms with E-state index in [2.05, 4.69) is 10.2 Å². The van der Waals surface area contributed by atoms with Gasteiger partial charge in [0, 0.05) is 5.69 Å². The maximum absolute atomic E-state index is 12.8. The maximum atomic E-state index is 12.8. The molecule has 2 aromatic carbocycles. The number of aromatic carboxylic acids is 2. The number of hydrogen-bond donors (Lipinski definition) is 3. The third kappa shape index (κ3) is 5.08. The number of aryl methyl sites for hydroxylation is 1. The summed E-state index contributed by atoms with van der Waals surface area (Å²) in [5, 5.41) is 26.5. The lowest BCUT2D eigenvalue weighted by molar-refractivity contribution is -0.114. The van der Waals surface area contributed by atoms with E-state index in [1.165, 1.54) is 46.1 Å². The van der Waals surface area contributed by atoms with Crippen molar-refractivity contribution < 1.29 is 24.6 Å². The van der Waals surface area contributed by atoms with Crippen LogP contribution in [0.3, 0.4) is 0 Å². The SMILES string of the molecule is CC1=NN(c2ccc(C(=O)O)cc2)C(=O)/C1=C/C=C/C=C\c1c(C)[nH]n(-c2ccc(C(=O)O)cc2)c1=O. The molecule has 0 atom stereocenters. The van der Waals surface area contributed by atoms with Crippen LogP contribution in [-0.4, -0.2) is 43.6 Å². The molecular weight excluding hydrogens is 476 g/mol. The topological polar surface area (TPSA) is 145 Å². The van der Waals surface area contributed by atoms with Crippen molar-refractivity contribution in [2.45, 2.75) is 13.8 Å². The van der Waals surface area contributed by atoms with Gasteiger partial charge in [-0.3, -0.25) is 14.7 Å². The molecule has 0 aliphatic carbocycles. The van der Waals surface area contributed by atoms with Gasteiger partial charge in [0.2, 0.25) is 0 Å². The second kappa shape index (κ2) is 10.2. The zero-order chi connectivity index (χ0) is 26.7. The van der Waals surface area contributed by atoms with Gasteiger partial charge in [0.05, 0.1) is 39.3 Å². The molecule has 0 saturated heterocycles. The van der Waals surface area contributed by atoms with Crippen molar-refractivity contribution in [1.29, 1.82) is 0 Å². The van der Waals surface area contributed by atoms with E-state index in [4.69, 9.17) is 10.2 Å². The number of nitrogens with one attached hydrogen (secondary N) is 1. The van der Waals surface area contributed by atoms with E-state index in [1.807, 2.05) is 0 Å². The molecule has 1 amide bonds. The Bertz CT molecular complexity index is 1570. The van der Waals surface area contributed by atoms with Crippen molar-refractivity contribution in [3.63, 3.8) is 0 Å². The predicted octanol–water partition coefficient (Wildman–Crippen LogP) is 3.79. The number of carbonyl (C=O) groups excluding carboxylic acids is 1. The fraction of sp³-hybridized carbons (Fsp3) is 0.0741. The van der Waals surface area contributed by atoms with Gasteiger partial charge in [-0.15, -0.1) is 0 Å². The summed E-state index contributed by atoms with van der Waals surface area (Å²) in [7, 11) is 0. The van der Waals surface area contributed by atoms with E-state index in [9.17, 15) is 19.2 Å². The third-order valence-corrected chi connectivity index (χ3v) is 5.66. The summed E-state index contributed by atoms with van der Waals surface area (Å²) in [5.41, 5.74) is 2.88. The molecule has 10 heteroatoms. The molecule has 0 radical (unpaired) electrons. The number of aromatic nitrogens is 2. The van der Waals surface area contributed by atoms with E-state index in [-0.39, 0.29) is 22.6 Å². The number of amides is 1. The molecule has 10 nitrogen and oxygen atoms in total. The average Bonchev–Trinajstić information content (AvgIpc) is 3.33. The van der Waals surface area contributed by atoms with Gasteiger partial charge in [-0.05, 0) is 74.5 Å². The average molecular weight is 498 g/mol. The number of nitrogens with zero attached hydrogens (tertiary/aromatic N) is 3. The number of allylic oxidation sites excluding steroid dienone is 4. The Kier molecular flexibility index (Phi) is 6.83. The molecule has 2 heterocycles. The molecule has 4 rings (SSSR count). The molecule has 0 spiro atoms. The number of H-pyrrole nitrogens is 1. The molecule has 0 saturated carbocycles. The van der Waals surface area contributed by atoms with Crippen molar-refractivity contribution >= 4 is 35.3 Å². The lowest BCUT2D eigenvalue weighted by atomic mass is 10.1. The van der Waals surface area contributed by atoms with Crippen LogP contribution in [0.4, 0.5) is 5.69 Å². The van der Waals surface area contributed by atoms with E-state index >= 15 is 0 Å². The first-order valence-electron chi connectivity index (χ1n) is 11.1. The van der Waals surface area contributed by atoms with Crippen molar-refractivity contribution in [3.05, 3.63) is 111 Å². The number of anilines is 1. The normalized spacial score (nSPS) is 14.8. The highest BCUT2D eigenvalue weighted by molar-refractivity contribution is 6.29. The zero-order valence-corrected chi connectivity index (χ0v) is 19.9. The lowest BCUT2D eigenvalue weighted by Crippen LogP contribution is -2.21. The Morgan fingerprint density at radius 3 is 1.97 bits per heavy atom. The van der Waals surface area contributed by atoms with Crippen LogP contribution < -0.4 is 10.6 Å². The fourth-order valence-corrected chi connectivity index (χ4v) is 3.69. The Morgan fingerprint density at radius 1 is 0.838 bits per heavy atom. The van der Waals surface area contributed by atoms with Gasteiger partial charge in [0.1, 0.15) is 0 Å². The van der Waals surface area contributed by atoms with E-state index in [0.29, 0.717) is 33.9 Å². The zero-order valence-electron chi connectivity index (χ0n) is 19.9. The first-order valence-corrected chi connectivity index (χ1v) is 11.1. The monoisotopic (exact) mass is 498 g/mol. The Labute approximate surface area is 210 Å². The molecule has 186 valence electrons. The van der Waals surface area contributed by atoms with Crippen LogP contribution in [0, 0.1) is 6.92 Å². The second-order valence-electron chi connectivity index (χ2n) is 8.12. The van der Waals surface area contributed by atoms with Crippen molar-refractivity contribution in [2.75, 3.05) is 5.01 Å². The molecule has 3 aromatic rings. The smallest absolute Gasteiger partial charge is 0.335 e. The van der Waals surface area contributed by atoms with Crippen LogP contribution in [0.25, 0.3) is 11.8 Å². The van der Waals surface area contributed by atoms with Crippen LogP contribution >= 0.6 is 0 Å². The Morgan fingerprint density at radius 2 is 1.41 bits per heavy atom. The van der Waals surface area contributed by atoms with Gasteiger partial charge >= 0.3 is 11.9 Å². The minimum Gasteiger partial charge on any atom is -0.478 e. The molecule has 0 unspecified atom stereocenters. The number of hydrazone groups is 1. The number of carboxylic acid groups (broad SMARTS) is 2. The molecule has 37 heavy (non-hydrogen) atoms.